The van der Waals surface area contributed by atoms with Gasteiger partial charge in [0.1, 0.15) is 17.3 Å². The van der Waals surface area contributed by atoms with Gasteiger partial charge in [-0.2, -0.15) is 0 Å². The van der Waals surface area contributed by atoms with Crippen molar-refractivity contribution in [1.29, 1.82) is 0 Å². The van der Waals surface area contributed by atoms with E-state index in [1.807, 2.05) is 42.1 Å². The van der Waals surface area contributed by atoms with Crippen molar-refractivity contribution in [2.24, 2.45) is 4.99 Å². The number of nitrogens with zero attached hydrogens (tertiary/aromatic N) is 5. The van der Waals surface area contributed by atoms with Gasteiger partial charge in [0.05, 0.1) is 6.54 Å². The number of fused-ring (bicyclic) bond motifs is 2. The summed E-state index contributed by atoms with van der Waals surface area (Å²) in [4.78, 5) is 17.8. The van der Waals surface area contributed by atoms with Gasteiger partial charge in [-0.1, -0.05) is 6.07 Å². The molecule has 0 unspecified atom stereocenters. The largest absolute Gasteiger partial charge is 0.339 e. The number of aryl methyl sites for hydroxylation is 1. The normalized spacial score (nSPS) is 12.9. The van der Waals surface area contributed by atoms with E-state index in [2.05, 4.69) is 43.5 Å². The number of amidine groups is 1. The molecule has 0 radical (unpaired) electrons. The Hall–Kier alpha value is -3.54. The summed E-state index contributed by atoms with van der Waals surface area (Å²) >= 11 is 0. The third-order valence-corrected chi connectivity index (χ3v) is 4.58. The Bertz CT molecular complexity index is 1160. The van der Waals surface area contributed by atoms with Crippen LogP contribution in [-0.4, -0.2) is 25.4 Å². The first kappa shape index (κ1) is 14.8. The number of aromatic nitrogens is 4. The quantitative estimate of drug-likeness (QED) is 0.606. The molecule has 3 aromatic heterocycles. The Morgan fingerprint density at radius 2 is 1.96 bits per heavy atom. The molecule has 1 N–H and O–H groups in total. The molecule has 4 heterocycles. The van der Waals surface area contributed by atoms with Crippen molar-refractivity contribution in [2.45, 2.75) is 13.5 Å². The van der Waals surface area contributed by atoms with Crippen LogP contribution < -0.4 is 5.32 Å². The average molecular weight is 340 g/mol. The molecule has 1 aromatic carbocycles. The Morgan fingerprint density at radius 1 is 1.00 bits per heavy atom. The van der Waals surface area contributed by atoms with Crippen molar-refractivity contribution < 1.29 is 0 Å². The lowest BCUT2D eigenvalue weighted by molar-refractivity contribution is 0.943. The molecule has 0 spiro atoms. The molecule has 5 rings (SSSR count). The van der Waals surface area contributed by atoms with Crippen LogP contribution in [0.3, 0.4) is 0 Å². The second-order valence-corrected chi connectivity index (χ2v) is 6.22. The van der Waals surface area contributed by atoms with Gasteiger partial charge >= 0.3 is 0 Å². The van der Waals surface area contributed by atoms with Crippen molar-refractivity contribution >= 4 is 22.3 Å². The summed E-state index contributed by atoms with van der Waals surface area (Å²) < 4.78 is 2.00. The number of nitrogens with one attached hydrogen (secondary N) is 1. The molecule has 0 atom stereocenters. The molecule has 4 aromatic rings. The van der Waals surface area contributed by atoms with E-state index in [1.165, 1.54) is 0 Å². The molecule has 0 fully saturated rings. The molecule has 26 heavy (non-hydrogen) atoms. The van der Waals surface area contributed by atoms with Gasteiger partial charge in [-0.3, -0.25) is 14.5 Å². The Labute approximate surface area is 150 Å². The summed E-state index contributed by atoms with van der Waals surface area (Å²) in [5.41, 5.74) is 3.06. The highest BCUT2D eigenvalue weighted by Crippen LogP contribution is 2.25. The molecule has 6 nitrogen and oxygen atoms in total. The van der Waals surface area contributed by atoms with E-state index in [0.29, 0.717) is 6.54 Å². The van der Waals surface area contributed by atoms with E-state index in [-0.39, 0.29) is 0 Å². The minimum absolute atomic E-state index is 0.674. The molecule has 0 bridgehead atoms. The summed E-state index contributed by atoms with van der Waals surface area (Å²) in [5.74, 6) is 2.61. The maximum atomic E-state index is 4.57. The number of aliphatic imine (C=N–C) groups is 1. The van der Waals surface area contributed by atoms with E-state index in [1.54, 1.807) is 12.4 Å². The molecule has 1 aliphatic rings. The number of anilines is 1. The number of hydrogen-bond donors (Lipinski definition) is 1. The van der Waals surface area contributed by atoms with Crippen molar-refractivity contribution in [1.82, 2.24) is 19.5 Å². The fraction of sp³-hybridized carbons (Fsp3) is 0.100. The monoisotopic (exact) mass is 340 g/mol. The van der Waals surface area contributed by atoms with Gasteiger partial charge in [0.2, 0.25) is 0 Å². The van der Waals surface area contributed by atoms with Crippen LogP contribution in [0.2, 0.25) is 0 Å². The predicted octanol–water partition coefficient (Wildman–Crippen LogP) is 3.50. The van der Waals surface area contributed by atoms with Crippen molar-refractivity contribution in [3.8, 4) is 5.82 Å². The van der Waals surface area contributed by atoms with Crippen LogP contribution in [0.5, 0.6) is 0 Å². The van der Waals surface area contributed by atoms with Crippen LogP contribution >= 0.6 is 0 Å². The second-order valence-electron chi connectivity index (χ2n) is 6.22. The minimum atomic E-state index is 0.674. The van der Waals surface area contributed by atoms with Crippen LogP contribution in [0.4, 0.5) is 5.69 Å². The van der Waals surface area contributed by atoms with Crippen LogP contribution in [0.1, 0.15) is 17.1 Å². The maximum Gasteiger partial charge on any atom is 0.152 e. The molecule has 0 saturated heterocycles. The first-order valence-electron chi connectivity index (χ1n) is 8.44. The highest BCUT2D eigenvalue weighted by atomic mass is 15.1. The number of imidazole rings is 1. The van der Waals surface area contributed by atoms with Crippen molar-refractivity contribution in [2.75, 3.05) is 5.32 Å². The lowest BCUT2D eigenvalue weighted by Gasteiger charge is -2.11. The molecular formula is C20H16N6. The minimum Gasteiger partial charge on any atom is -0.339 e. The number of benzene rings is 1. The van der Waals surface area contributed by atoms with Gasteiger partial charge in [0, 0.05) is 41.4 Å². The fourth-order valence-corrected chi connectivity index (χ4v) is 3.29. The van der Waals surface area contributed by atoms with Crippen molar-refractivity contribution in [3.63, 3.8) is 0 Å². The number of rotatable bonds is 2. The lowest BCUT2D eigenvalue weighted by atomic mass is 10.1. The summed E-state index contributed by atoms with van der Waals surface area (Å²) in [6.07, 6.45) is 7.34. The Morgan fingerprint density at radius 3 is 2.85 bits per heavy atom. The van der Waals surface area contributed by atoms with Gasteiger partial charge in [-0.15, -0.1) is 0 Å². The van der Waals surface area contributed by atoms with Crippen LogP contribution in [0.15, 0.2) is 66.2 Å². The number of hydrogen-bond acceptors (Lipinski definition) is 5. The summed E-state index contributed by atoms with van der Waals surface area (Å²) in [6, 6.07) is 12.2. The molecule has 0 aliphatic carbocycles. The molecule has 6 heteroatoms. The first-order valence-corrected chi connectivity index (χ1v) is 8.44. The lowest BCUT2D eigenvalue weighted by Crippen LogP contribution is -2.13. The molecule has 126 valence electrons. The zero-order valence-corrected chi connectivity index (χ0v) is 14.2. The third-order valence-electron chi connectivity index (χ3n) is 4.58. The average Bonchev–Trinajstić information content (AvgIpc) is 3.28. The van der Waals surface area contributed by atoms with Gasteiger partial charge in [0.15, 0.2) is 5.84 Å². The highest BCUT2D eigenvalue weighted by Gasteiger charge is 2.17. The number of pyridine rings is 2. The predicted molar refractivity (Wildman–Crippen MR) is 102 cm³/mol. The fourth-order valence-electron chi connectivity index (χ4n) is 3.29. The van der Waals surface area contributed by atoms with Gasteiger partial charge in [-0.05, 0) is 42.6 Å². The smallest absolute Gasteiger partial charge is 0.152 e. The Balaban J connectivity index is 1.53. The van der Waals surface area contributed by atoms with Crippen LogP contribution in [-0.2, 0) is 6.54 Å². The third kappa shape index (κ3) is 2.35. The first-order chi connectivity index (χ1) is 12.8. The van der Waals surface area contributed by atoms with Gasteiger partial charge in [0.25, 0.3) is 0 Å². The zero-order chi connectivity index (χ0) is 17.5. The van der Waals surface area contributed by atoms with Gasteiger partial charge < -0.3 is 5.32 Å². The summed E-state index contributed by atoms with van der Waals surface area (Å²) in [5, 5.41) is 5.58. The molecule has 1 aliphatic heterocycles. The zero-order valence-electron chi connectivity index (χ0n) is 14.2. The topological polar surface area (TPSA) is 68.0 Å². The summed E-state index contributed by atoms with van der Waals surface area (Å²) in [6.45, 7) is 2.65. The van der Waals surface area contributed by atoms with Gasteiger partial charge in [-0.25, -0.2) is 9.97 Å². The Kier molecular flexibility index (Phi) is 3.28. The SMILES string of the molecule is Cc1nccn1-c1nccc2cc(NC3=NCc4cccnc43)ccc12. The van der Waals surface area contributed by atoms with E-state index in [9.17, 15) is 0 Å². The molecular weight excluding hydrogens is 324 g/mol. The van der Waals surface area contributed by atoms with Crippen molar-refractivity contribution in [3.05, 3.63) is 78.3 Å². The van der Waals surface area contributed by atoms with E-state index >= 15 is 0 Å². The standard InChI is InChI=1S/C20H16N6/c1-13-21-9-10-26(13)20-17-5-4-16(11-14(17)6-8-23-20)25-19-18-15(12-24-19)3-2-7-22-18/h2-11H,12H2,1H3,(H,24,25). The molecule has 0 saturated carbocycles. The van der Waals surface area contributed by atoms with E-state index < -0.39 is 0 Å². The maximum absolute atomic E-state index is 4.57. The van der Waals surface area contributed by atoms with E-state index in [4.69, 9.17) is 0 Å². The van der Waals surface area contributed by atoms with Crippen LogP contribution in [0, 0.1) is 6.92 Å². The van der Waals surface area contributed by atoms with E-state index in [0.717, 1.165) is 45.2 Å². The van der Waals surface area contributed by atoms with Crippen LogP contribution in [0.25, 0.3) is 16.6 Å². The summed E-state index contributed by atoms with van der Waals surface area (Å²) in [7, 11) is 0. The molecule has 0 amide bonds. The second kappa shape index (κ2) is 5.77. The highest BCUT2D eigenvalue weighted by molar-refractivity contribution is 6.10.